The molecule has 1 aliphatic rings. The Bertz CT molecular complexity index is 449. The highest BCUT2D eigenvalue weighted by Crippen LogP contribution is 2.19. The van der Waals surface area contributed by atoms with Crippen LogP contribution in [0.5, 0.6) is 5.75 Å². The van der Waals surface area contributed by atoms with Crippen LogP contribution in [0.15, 0.2) is 12.1 Å². The van der Waals surface area contributed by atoms with Crippen molar-refractivity contribution in [3.63, 3.8) is 0 Å². The molecule has 2 heterocycles. The van der Waals surface area contributed by atoms with Crippen LogP contribution in [0, 0.1) is 6.92 Å². The Morgan fingerprint density at radius 2 is 2.25 bits per heavy atom. The fraction of sp³-hybridized carbons (Fsp3) is 0.688. The summed E-state index contributed by atoms with van der Waals surface area (Å²) >= 11 is 0. The molecule has 4 heteroatoms. The largest absolute Gasteiger partial charge is 0.497 e. The van der Waals surface area contributed by atoms with E-state index in [9.17, 15) is 0 Å². The molecule has 1 aliphatic heterocycles. The van der Waals surface area contributed by atoms with Crippen molar-refractivity contribution in [3.05, 3.63) is 23.5 Å². The molecule has 0 aromatic carbocycles. The lowest BCUT2D eigenvalue weighted by Gasteiger charge is -2.32. The van der Waals surface area contributed by atoms with E-state index in [0.29, 0.717) is 0 Å². The van der Waals surface area contributed by atoms with Gasteiger partial charge >= 0.3 is 0 Å². The fourth-order valence-electron chi connectivity index (χ4n) is 2.82. The van der Waals surface area contributed by atoms with Crippen LogP contribution in [0.1, 0.15) is 38.1 Å². The zero-order valence-corrected chi connectivity index (χ0v) is 13.2. The molecular weight excluding hydrogens is 250 g/mol. The lowest BCUT2D eigenvalue weighted by atomic mass is 9.98. The predicted octanol–water partition coefficient (Wildman–Crippen LogP) is 2.36. The Morgan fingerprint density at radius 3 is 2.95 bits per heavy atom. The molecule has 0 amide bonds. The summed E-state index contributed by atoms with van der Waals surface area (Å²) < 4.78 is 5.34. The van der Waals surface area contributed by atoms with Crippen molar-refractivity contribution in [2.75, 3.05) is 26.7 Å². The van der Waals surface area contributed by atoms with Gasteiger partial charge in [-0.05, 0) is 39.8 Å². The van der Waals surface area contributed by atoms with Crippen LogP contribution in [0.25, 0.3) is 0 Å². The molecule has 0 saturated carbocycles. The number of pyridine rings is 1. The summed E-state index contributed by atoms with van der Waals surface area (Å²) in [5, 5.41) is 3.67. The van der Waals surface area contributed by atoms with Crippen LogP contribution in [-0.4, -0.2) is 42.2 Å². The van der Waals surface area contributed by atoms with Crippen LogP contribution in [0.3, 0.4) is 0 Å². The van der Waals surface area contributed by atoms with E-state index in [1.807, 2.05) is 13.0 Å². The summed E-state index contributed by atoms with van der Waals surface area (Å²) in [6.07, 6.45) is 2.34. The van der Waals surface area contributed by atoms with Gasteiger partial charge in [0.2, 0.25) is 0 Å². The lowest BCUT2D eigenvalue weighted by Crippen LogP contribution is -2.48. The van der Waals surface area contributed by atoms with Crippen molar-refractivity contribution < 1.29 is 4.74 Å². The van der Waals surface area contributed by atoms with Gasteiger partial charge in [-0.15, -0.1) is 0 Å². The van der Waals surface area contributed by atoms with Crippen molar-refractivity contribution in [1.82, 2.24) is 15.2 Å². The third-order valence-corrected chi connectivity index (χ3v) is 4.16. The second kappa shape index (κ2) is 6.55. The normalized spacial score (nSPS) is 24.4. The molecular formula is C16H27N3O. The van der Waals surface area contributed by atoms with E-state index in [-0.39, 0.29) is 5.54 Å². The smallest absolute Gasteiger partial charge is 0.122 e. The standard InChI is InChI=1S/C16H27N3O/c1-5-16(3)12-19(8-6-7-17-16)11-14-10-15(20-4)9-13(2)18-14/h9-10,17H,5-8,11-12H2,1-4H3. The van der Waals surface area contributed by atoms with Crippen LogP contribution in [0.2, 0.25) is 0 Å². The molecule has 0 radical (unpaired) electrons. The minimum Gasteiger partial charge on any atom is -0.497 e. The molecule has 1 aromatic rings. The zero-order valence-electron chi connectivity index (χ0n) is 13.2. The van der Waals surface area contributed by atoms with E-state index in [1.165, 1.54) is 6.42 Å². The van der Waals surface area contributed by atoms with Crippen molar-refractivity contribution >= 4 is 0 Å². The Kier molecular flexibility index (Phi) is 5.00. The minimum absolute atomic E-state index is 0.213. The topological polar surface area (TPSA) is 37.4 Å². The highest BCUT2D eigenvalue weighted by atomic mass is 16.5. The molecule has 1 aromatic heterocycles. The monoisotopic (exact) mass is 277 g/mol. The second-order valence-corrected chi connectivity index (χ2v) is 6.04. The molecule has 20 heavy (non-hydrogen) atoms. The van der Waals surface area contributed by atoms with Gasteiger partial charge in [0.15, 0.2) is 0 Å². The number of hydrogen-bond donors (Lipinski definition) is 1. The Balaban J connectivity index is 2.10. The second-order valence-electron chi connectivity index (χ2n) is 6.04. The van der Waals surface area contributed by atoms with Crippen molar-refractivity contribution in [1.29, 1.82) is 0 Å². The van der Waals surface area contributed by atoms with E-state index in [4.69, 9.17) is 4.74 Å². The van der Waals surface area contributed by atoms with Gasteiger partial charge in [0, 0.05) is 36.5 Å². The molecule has 1 unspecified atom stereocenters. The van der Waals surface area contributed by atoms with Gasteiger partial charge in [0.25, 0.3) is 0 Å². The summed E-state index contributed by atoms with van der Waals surface area (Å²) in [6, 6.07) is 4.03. The highest BCUT2D eigenvalue weighted by Gasteiger charge is 2.27. The number of methoxy groups -OCH3 is 1. The van der Waals surface area contributed by atoms with Crippen LogP contribution in [0.4, 0.5) is 0 Å². The van der Waals surface area contributed by atoms with Crippen molar-refractivity contribution in [2.45, 2.75) is 45.7 Å². The Morgan fingerprint density at radius 1 is 1.45 bits per heavy atom. The lowest BCUT2D eigenvalue weighted by molar-refractivity contribution is 0.206. The third-order valence-electron chi connectivity index (χ3n) is 4.16. The van der Waals surface area contributed by atoms with Gasteiger partial charge in [-0.1, -0.05) is 6.92 Å². The third kappa shape index (κ3) is 3.93. The average molecular weight is 277 g/mol. The molecule has 0 aliphatic carbocycles. The first-order valence-electron chi connectivity index (χ1n) is 7.53. The zero-order chi connectivity index (χ0) is 14.6. The molecule has 1 fully saturated rings. The van der Waals surface area contributed by atoms with Gasteiger partial charge < -0.3 is 10.1 Å². The van der Waals surface area contributed by atoms with Gasteiger partial charge in [0.05, 0.1) is 12.8 Å². The Labute approximate surface area is 122 Å². The number of ether oxygens (including phenoxy) is 1. The SMILES string of the molecule is CCC1(C)CN(Cc2cc(OC)cc(C)n2)CCCN1. The Hall–Kier alpha value is -1.13. The number of aryl methyl sites for hydroxylation is 1. The fourth-order valence-corrected chi connectivity index (χ4v) is 2.82. The van der Waals surface area contributed by atoms with E-state index in [1.54, 1.807) is 7.11 Å². The molecule has 112 valence electrons. The maximum atomic E-state index is 5.34. The summed E-state index contributed by atoms with van der Waals surface area (Å²) in [5.74, 6) is 0.902. The number of hydrogen-bond acceptors (Lipinski definition) is 4. The molecule has 1 atom stereocenters. The van der Waals surface area contributed by atoms with Gasteiger partial charge in [0.1, 0.15) is 5.75 Å². The van der Waals surface area contributed by atoms with E-state index in [2.05, 4.69) is 35.1 Å². The first-order chi connectivity index (χ1) is 9.54. The number of rotatable bonds is 4. The summed E-state index contributed by atoms with van der Waals surface area (Å²) in [7, 11) is 1.71. The minimum atomic E-state index is 0.213. The maximum Gasteiger partial charge on any atom is 0.122 e. The predicted molar refractivity (Wildman–Crippen MR) is 82.1 cm³/mol. The van der Waals surface area contributed by atoms with Crippen LogP contribution < -0.4 is 10.1 Å². The highest BCUT2D eigenvalue weighted by molar-refractivity contribution is 5.26. The van der Waals surface area contributed by atoms with Gasteiger partial charge in [-0.25, -0.2) is 0 Å². The van der Waals surface area contributed by atoms with E-state index < -0.39 is 0 Å². The van der Waals surface area contributed by atoms with Crippen molar-refractivity contribution in [2.24, 2.45) is 0 Å². The first-order valence-corrected chi connectivity index (χ1v) is 7.53. The maximum absolute atomic E-state index is 5.34. The summed E-state index contributed by atoms with van der Waals surface area (Å²) in [4.78, 5) is 7.14. The van der Waals surface area contributed by atoms with Crippen LogP contribution >= 0.6 is 0 Å². The number of nitrogens with zero attached hydrogens (tertiary/aromatic N) is 2. The summed E-state index contributed by atoms with van der Waals surface area (Å²) in [5.41, 5.74) is 2.33. The summed E-state index contributed by atoms with van der Waals surface area (Å²) in [6.45, 7) is 10.8. The molecule has 4 nitrogen and oxygen atoms in total. The number of nitrogens with one attached hydrogen (secondary N) is 1. The molecule has 0 bridgehead atoms. The molecule has 0 spiro atoms. The van der Waals surface area contributed by atoms with Crippen LogP contribution in [-0.2, 0) is 6.54 Å². The van der Waals surface area contributed by atoms with E-state index in [0.717, 1.165) is 49.7 Å². The number of aromatic nitrogens is 1. The van der Waals surface area contributed by atoms with Gasteiger partial charge in [-0.2, -0.15) is 0 Å². The molecule has 2 rings (SSSR count). The van der Waals surface area contributed by atoms with Crippen molar-refractivity contribution in [3.8, 4) is 5.75 Å². The molecule has 1 N–H and O–H groups in total. The van der Waals surface area contributed by atoms with E-state index >= 15 is 0 Å². The first kappa shape index (κ1) is 15.3. The quantitative estimate of drug-likeness (QED) is 0.917. The molecule has 1 saturated heterocycles. The average Bonchev–Trinajstić information content (AvgIpc) is 2.60. The van der Waals surface area contributed by atoms with Gasteiger partial charge in [-0.3, -0.25) is 9.88 Å².